The van der Waals surface area contributed by atoms with Crippen LogP contribution < -0.4 is 10.0 Å². The van der Waals surface area contributed by atoms with Crippen LogP contribution in [-0.2, 0) is 23.1 Å². The lowest BCUT2D eigenvalue weighted by molar-refractivity contribution is 0.575. The van der Waals surface area contributed by atoms with Gasteiger partial charge in [0.05, 0.1) is 12.2 Å². The van der Waals surface area contributed by atoms with Crippen LogP contribution in [-0.4, -0.2) is 34.7 Å². The minimum absolute atomic E-state index is 0.0800. The summed E-state index contributed by atoms with van der Waals surface area (Å²) in [5, 5.41) is 10.7. The van der Waals surface area contributed by atoms with E-state index in [1.807, 2.05) is 13.8 Å². The lowest BCUT2D eigenvalue weighted by Gasteiger charge is -2.11. The number of hydrogen-bond acceptors (Lipinski definition) is 6. The van der Waals surface area contributed by atoms with Crippen molar-refractivity contribution in [2.24, 2.45) is 0 Å². The van der Waals surface area contributed by atoms with E-state index in [2.05, 4.69) is 25.2 Å². The Morgan fingerprint density at radius 1 is 1.33 bits per heavy atom. The molecule has 0 bridgehead atoms. The zero-order valence-corrected chi connectivity index (χ0v) is 12.8. The summed E-state index contributed by atoms with van der Waals surface area (Å²) in [4.78, 5) is 4.00. The van der Waals surface area contributed by atoms with Gasteiger partial charge >= 0.3 is 0 Å². The van der Waals surface area contributed by atoms with Crippen molar-refractivity contribution in [2.45, 2.75) is 31.8 Å². The van der Waals surface area contributed by atoms with E-state index in [9.17, 15) is 8.42 Å². The minimum atomic E-state index is -3.67. The molecule has 0 saturated heterocycles. The molecule has 2 aromatic rings. The first-order valence-corrected chi connectivity index (χ1v) is 8.11. The van der Waals surface area contributed by atoms with Crippen molar-refractivity contribution in [1.82, 2.24) is 24.5 Å². The van der Waals surface area contributed by atoms with Gasteiger partial charge in [-0.3, -0.25) is 4.98 Å². The number of sulfonamides is 1. The third kappa shape index (κ3) is 3.56. The number of pyridine rings is 1. The maximum absolute atomic E-state index is 12.4. The Hall–Kier alpha value is -2.00. The largest absolute Gasteiger partial charge is 0.384 e. The summed E-state index contributed by atoms with van der Waals surface area (Å²) in [6.07, 6.45) is 4.44. The summed E-state index contributed by atoms with van der Waals surface area (Å²) in [5.41, 5.74) is 0.525. The molecule has 0 radical (unpaired) electrons. The Morgan fingerprint density at radius 2 is 2.14 bits per heavy atom. The molecule has 2 heterocycles. The fourth-order valence-electron chi connectivity index (χ4n) is 1.85. The number of rotatable bonds is 7. The summed E-state index contributed by atoms with van der Waals surface area (Å²) in [7, 11) is -3.67. The summed E-state index contributed by atoms with van der Waals surface area (Å²) >= 11 is 0. The third-order valence-corrected chi connectivity index (χ3v) is 4.33. The molecule has 2 N–H and O–H groups in total. The third-order valence-electron chi connectivity index (χ3n) is 2.90. The first-order chi connectivity index (χ1) is 10.1. The van der Waals surface area contributed by atoms with Crippen molar-refractivity contribution in [3.8, 4) is 0 Å². The summed E-state index contributed by atoms with van der Waals surface area (Å²) in [5.74, 6) is 0.565. The van der Waals surface area contributed by atoms with Gasteiger partial charge in [0.1, 0.15) is 17.0 Å². The van der Waals surface area contributed by atoms with Crippen LogP contribution in [0.3, 0.4) is 0 Å². The van der Waals surface area contributed by atoms with Crippen LogP contribution in [0.2, 0.25) is 0 Å². The molecule has 114 valence electrons. The number of anilines is 1. The Bertz CT molecular complexity index is 697. The van der Waals surface area contributed by atoms with Crippen LogP contribution in [0, 0.1) is 0 Å². The number of aryl methyl sites for hydroxylation is 1. The lowest BCUT2D eigenvalue weighted by atomic mass is 10.4. The normalized spacial score (nSPS) is 11.5. The molecule has 0 fully saturated rings. The van der Waals surface area contributed by atoms with Crippen molar-refractivity contribution in [3.63, 3.8) is 0 Å². The van der Waals surface area contributed by atoms with E-state index in [1.54, 1.807) is 23.2 Å². The fraction of sp³-hybridized carbons (Fsp3) is 0.417. The molecular weight excluding hydrogens is 292 g/mol. The van der Waals surface area contributed by atoms with E-state index < -0.39 is 10.0 Å². The minimum Gasteiger partial charge on any atom is -0.384 e. The second-order valence-electron chi connectivity index (χ2n) is 4.26. The second-order valence-corrected chi connectivity index (χ2v) is 6.00. The number of nitrogens with one attached hydrogen (secondary N) is 2. The molecule has 9 heteroatoms. The predicted molar refractivity (Wildman–Crippen MR) is 78.1 cm³/mol. The van der Waals surface area contributed by atoms with Crippen LogP contribution in [0.4, 0.5) is 5.69 Å². The van der Waals surface area contributed by atoms with Gasteiger partial charge in [-0.05, 0) is 19.9 Å². The topological polar surface area (TPSA) is 102 Å². The van der Waals surface area contributed by atoms with E-state index in [-0.39, 0.29) is 11.4 Å². The maximum Gasteiger partial charge on any atom is 0.244 e. The van der Waals surface area contributed by atoms with Crippen LogP contribution in [0.1, 0.15) is 19.7 Å². The molecule has 0 unspecified atom stereocenters. The Labute approximate surface area is 123 Å². The van der Waals surface area contributed by atoms with Crippen LogP contribution in [0.25, 0.3) is 0 Å². The highest BCUT2D eigenvalue weighted by Crippen LogP contribution is 2.19. The average Bonchev–Trinajstić information content (AvgIpc) is 2.93. The van der Waals surface area contributed by atoms with E-state index in [0.717, 1.165) is 0 Å². The smallest absolute Gasteiger partial charge is 0.244 e. The van der Waals surface area contributed by atoms with Crippen molar-refractivity contribution in [1.29, 1.82) is 0 Å². The number of hydrogen-bond donors (Lipinski definition) is 2. The van der Waals surface area contributed by atoms with Crippen molar-refractivity contribution in [2.75, 3.05) is 11.9 Å². The molecule has 21 heavy (non-hydrogen) atoms. The van der Waals surface area contributed by atoms with Crippen molar-refractivity contribution in [3.05, 3.63) is 30.6 Å². The molecule has 0 saturated carbocycles. The number of aromatic nitrogens is 4. The van der Waals surface area contributed by atoms with Gasteiger partial charge in [-0.15, -0.1) is 10.2 Å². The SMILES string of the molecule is CCNc1ccncc1S(=O)(=O)NCc1nncn1CC. The van der Waals surface area contributed by atoms with Crippen molar-refractivity contribution >= 4 is 15.7 Å². The van der Waals surface area contributed by atoms with Crippen molar-refractivity contribution < 1.29 is 8.42 Å². The molecule has 0 spiro atoms. The molecule has 2 aromatic heterocycles. The monoisotopic (exact) mass is 310 g/mol. The maximum atomic E-state index is 12.4. The molecule has 0 aromatic carbocycles. The molecule has 0 atom stereocenters. The number of nitrogens with zero attached hydrogens (tertiary/aromatic N) is 4. The average molecular weight is 310 g/mol. The molecule has 0 aliphatic rings. The Morgan fingerprint density at radius 3 is 2.86 bits per heavy atom. The Balaban J connectivity index is 2.19. The fourth-order valence-corrected chi connectivity index (χ4v) is 2.95. The summed E-state index contributed by atoms with van der Waals surface area (Å²) in [6.45, 7) is 5.21. The van der Waals surface area contributed by atoms with E-state index in [4.69, 9.17) is 0 Å². The van der Waals surface area contributed by atoms with Gasteiger partial charge in [0.25, 0.3) is 0 Å². The first kappa shape index (κ1) is 15.4. The lowest BCUT2D eigenvalue weighted by Crippen LogP contribution is -2.26. The van der Waals surface area contributed by atoms with E-state index in [1.165, 1.54) is 6.20 Å². The molecule has 0 aliphatic carbocycles. The molecule has 0 amide bonds. The highest BCUT2D eigenvalue weighted by Gasteiger charge is 2.19. The van der Waals surface area contributed by atoms with Gasteiger partial charge in [-0.1, -0.05) is 0 Å². The molecule has 8 nitrogen and oxygen atoms in total. The predicted octanol–water partition coefficient (Wildman–Crippen LogP) is 0.603. The van der Waals surface area contributed by atoms with Gasteiger partial charge < -0.3 is 9.88 Å². The highest BCUT2D eigenvalue weighted by atomic mass is 32.2. The van der Waals surface area contributed by atoms with Gasteiger partial charge in [0, 0.05) is 25.5 Å². The van der Waals surface area contributed by atoms with Gasteiger partial charge in [-0.2, -0.15) is 0 Å². The highest BCUT2D eigenvalue weighted by molar-refractivity contribution is 7.89. The van der Waals surface area contributed by atoms with E-state index in [0.29, 0.717) is 24.6 Å². The van der Waals surface area contributed by atoms with Crippen LogP contribution >= 0.6 is 0 Å². The van der Waals surface area contributed by atoms with Gasteiger partial charge in [0.15, 0.2) is 0 Å². The molecule has 0 aliphatic heterocycles. The molecular formula is C12H18N6O2S. The zero-order valence-electron chi connectivity index (χ0n) is 11.9. The Kier molecular flexibility index (Phi) is 4.86. The van der Waals surface area contributed by atoms with Gasteiger partial charge in [-0.25, -0.2) is 13.1 Å². The second kappa shape index (κ2) is 6.64. The van der Waals surface area contributed by atoms with Crippen LogP contribution in [0.5, 0.6) is 0 Å². The van der Waals surface area contributed by atoms with E-state index >= 15 is 0 Å². The first-order valence-electron chi connectivity index (χ1n) is 6.62. The molecule has 2 rings (SSSR count). The summed E-state index contributed by atoms with van der Waals surface area (Å²) in [6, 6.07) is 1.63. The quantitative estimate of drug-likeness (QED) is 0.776. The zero-order chi connectivity index (χ0) is 15.3. The van der Waals surface area contributed by atoms with Crippen LogP contribution in [0.15, 0.2) is 29.7 Å². The van der Waals surface area contributed by atoms with Gasteiger partial charge in [0.2, 0.25) is 10.0 Å². The standard InChI is InChI=1S/C12H18N6O2S/c1-3-14-10-5-6-13-7-11(10)21(19,20)16-8-12-17-15-9-18(12)4-2/h5-7,9,16H,3-4,8H2,1-2H3,(H,13,14). The summed E-state index contributed by atoms with van der Waals surface area (Å²) < 4.78 is 29.0.